The molecule has 2 heterocycles. The Morgan fingerprint density at radius 1 is 1.35 bits per heavy atom. The first kappa shape index (κ1) is 13.0. The first-order valence-corrected chi connectivity index (χ1v) is 7.07. The van der Waals surface area contributed by atoms with Crippen LogP contribution in [0, 0.1) is 6.92 Å². The van der Waals surface area contributed by atoms with Crippen LogP contribution in [-0.4, -0.2) is 53.5 Å². The van der Waals surface area contributed by atoms with Crippen molar-refractivity contribution in [1.29, 1.82) is 0 Å². The van der Waals surface area contributed by atoms with Crippen molar-refractivity contribution in [2.24, 2.45) is 5.73 Å². The van der Waals surface area contributed by atoms with Crippen LogP contribution in [0.25, 0.3) is 0 Å². The summed E-state index contributed by atoms with van der Waals surface area (Å²) in [7, 11) is 0. The van der Waals surface area contributed by atoms with E-state index in [1.807, 2.05) is 6.20 Å². The minimum atomic E-state index is 0.283. The van der Waals surface area contributed by atoms with Gasteiger partial charge in [0.15, 0.2) is 0 Å². The Labute approximate surface area is 107 Å². The molecule has 0 radical (unpaired) electrons. The Morgan fingerprint density at radius 2 is 2.00 bits per heavy atom. The van der Waals surface area contributed by atoms with Crippen LogP contribution in [0.5, 0.6) is 0 Å². The topological polar surface area (TPSA) is 45.4 Å². The maximum atomic E-state index is 5.82. The summed E-state index contributed by atoms with van der Waals surface area (Å²) >= 11 is 1.81. The molecule has 1 aliphatic rings. The van der Waals surface area contributed by atoms with Gasteiger partial charge in [-0.1, -0.05) is 0 Å². The average molecular weight is 254 g/mol. The zero-order valence-corrected chi connectivity index (χ0v) is 11.5. The number of thiazole rings is 1. The van der Waals surface area contributed by atoms with Crippen LogP contribution in [0.4, 0.5) is 0 Å². The van der Waals surface area contributed by atoms with Gasteiger partial charge in [-0.05, 0) is 13.8 Å². The van der Waals surface area contributed by atoms with Crippen molar-refractivity contribution < 1.29 is 0 Å². The maximum Gasteiger partial charge on any atom is 0.0897 e. The number of hydrogen-bond acceptors (Lipinski definition) is 5. The van der Waals surface area contributed by atoms with E-state index in [2.05, 4.69) is 28.6 Å². The molecular formula is C12H22N4S. The molecule has 2 rings (SSSR count). The van der Waals surface area contributed by atoms with E-state index < -0.39 is 0 Å². The molecule has 17 heavy (non-hydrogen) atoms. The molecule has 0 spiro atoms. The third kappa shape index (κ3) is 4.03. The lowest BCUT2D eigenvalue weighted by Crippen LogP contribution is -2.48. The van der Waals surface area contributed by atoms with E-state index >= 15 is 0 Å². The lowest BCUT2D eigenvalue weighted by atomic mass is 10.2. The van der Waals surface area contributed by atoms with E-state index in [-0.39, 0.29) is 6.04 Å². The molecule has 4 nitrogen and oxygen atoms in total. The fourth-order valence-electron chi connectivity index (χ4n) is 2.24. The molecular weight excluding hydrogens is 232 g/mol. The fraction of sp³-hybridized carbons (Fsp3) is 0.750. The van der Waals surface area contributed by atoms with E-state index in [1.54, 1.807) is 11.3 Å². The average Bonchev–Trinajstić information content (AvgIpc) is 2.66. The molecule has 1 unspecified atom stereocenters. The first-order valence-electron chi connectivity index (χ1n) is 6.25. The van der Waals surface area contributed by atoms with E-state index in [4.69, 9.17) is 5.73 Å². The van der Waals surface area contributed by atoms with Crippen molar-refractivity contribution in [3.63, 3.8) is 0 Å². The standard InChI is InChI=1S/C12H22N4S/c1-10(13)8-15-3-5-16(6-4-15)9-12-7-14-11(2)17-12/h7,10H,3-6,8-9,13H2,1-2H3. The molecule has 1 aliphatic heterocycles. The summed E-state index contributed by atoms with van der Waals surface area (Å²) in [6.45, 7) is 10.8. The highest BCUT2D eigenvalue weighted by atomic mass is 32.1. The van der Waals surface area contributed by atoms with Gasteiger partial charge in [0.2, 0.25) is 0 Å². The zero-order valence-electron chi connectivity index (χ0n) is 10.7. The molecule has 0 aromatic carbocycles. The summed E-state index contributed by atoms with van der Waals surface area (Å²) in [5, 5.41) is 1.16. The van der Waals surface area contributed by atoms with E-state index in [9.17, 15) is 0 Å². The smallest absolute Gasteiger partial charge is 0.0897 e. The minimum absolute atomic E-state index is 0.283. The van der Waals surface area contributed by atoms with Crippen LogP contribution in [0.3, 0.4) is 0 Å². The van der Waals surface area contributed by atoms with Gasteiger partial charge in [-0.25, -0.2) is 4.98 Å². The van der Waals surface area contributed by atoms with Crippen molar-refractivity contribution in [1.82, 2.24) is 14.8 Å². The van der Waals surface area contributed by atoms with Crippen LogP contribution in [0.2, 0.25) is 0 Å². The van der Waals surface area contributed by atoms with Gasteiger partial charge in [0.1, 0.15) is 0 Å². The molecule has 0 bridgehead atoms. The number of nitrogens with zero attached hydrogens (tertiary/aromatic N) is 3. The highest BCUT2D eigenvalue weighted by molar-refractivity contribution is 7.11. The van der Waals surface area contributed by atoms with Gasteiger partial charge >= 0.3 is 0 Å². The number of aryl methyl sites for hydroxylation is 1. The number of piperazine rings is 1. The van der Waals surface area contributed by atoms with Gasteiger partial charge in [0.25, 0.3) is 0 Å². The van der Waals surface area contributed by atoms with Gasteiger partial charge in [0.05, 0.1) is 5.01 Å². The second-order valence-corrected chi connectivity index (χ2v) is 6.22. The second kappa shape index (κ2) is 5.91. The van der Waals surface area contributed by atoms with Crippen LogP contribution in [0.1, 0.15) is 16.8 Å². The zero-order chi connectivity index (χ0) is 12.3. The van der Waals surface area contributed by atoms with Crippen molar-refractivity contribution in [2.75, 3.05) is 32.7 Å². The van der Waals surface area contributed by atoms with E-state index in [0.717, 1.165) is 44.3 Å². The molecule has 96 valence electrons. The normalized spacial score (nSPS) is 20.6. The molecule has 1 aromatic heterocycles. The first-order chi connectivity index (χ1) is 8.13. The number of aromatic nitrogens is 1. The summed E-state index contributed by atoms with van der Waals surface area (Å²) < 4.78 is 0. The molecule has 5 heteroatoms. The van der Waals surface area contributed by atoms with Gasteiger partial charge in [-0.15, -0.1) is 11.3 Å². The summed E-state index contributed by atoms with van der Waals surface area (Å²) in [6.07, 6.45) is 2.01. The number of rotatable bonds is 4. The minimum Gasteiger partial charge on any atom is -0.327 e. The SMILES string of the molecule is Cc1ncc(CN2CCN(CC(C)N)CC2)s1. The van der Waals surface area contributed by atoms with Gasteiger partial charge in [0, 0.05) is 56.4 Å². The molecule has 0 amide bonds. The van der Waals surface area contributed by atoms with E-state index in [0.29, 0.717) is 0 Å². The maximum absolute atomic E-state index is 5.82. The van der Waals surface area contributed by atoms with Gasteiger partial charge in [-0.2, -0.15) is 0 Å². The van der Waals surface area contributed by atoms with Crippen LogP contribution in [0.15, 0.2) is 6.20 Å². The molecule has 1 aromatic rings. The van der Waals surface area contributed by atoms with Crippen molar-refractivity contribution in [2.45, 2.75) is 26.4 Å². The monoisotopic (exact) mass is 254 g/mol. The summed E-state index contributed by atoms with van der Waals surface area (Å²) in [6, 6.07) is 0.283. The second-order valence-electron chi connectivity index (χ2n) is 4.90. The third-order valence-electron chi connectivity index (χ3n) is 3.06. The summed E-state index contributed by atoms with van der Waals surface area (Å²) in [5.74, 6) is 0. The Morgan fingerprint density at radius 3 is 2.53 bits per heavy atom. The van der Waals surface area contributed by atoms with Gasteiger partial charge in [-0.3, -0.25) is 9.80 Å². The highest BCUT2D eigenvalue weighted by Crippen LogP contribution is 2.15. The Bertz CT molecular complexity index is 342. The van der Waals surface area contributed by atoms with Crippen LogP contribution >= 0.6 is 11.3 Å². The molecule has 0 saturated carbocycles. The van der Waals surface area contributed by atoms with Crippen molar-refractivity contribution in [3.8, 4) is 0 Å². The Kier molecular flexibility index (Phi) is 4.50. The third-order valence-corrected chi connectivity index (χ3v) is 3.96. The van der Waals surface area contributed by atoms with Crippen LogP contribution in [-0.2, 0) is 6.54 Å². The predicted molar refractivity (Wildman–Crippen MR) is 72.2 cm³/mol. The number of nitrogens with two attached hydrogens (primary N) is 1. The van der Waals surface area contributed by atoms with Crippen LogP contribution < -0.4 is 5.73 Å². The largest absolute Gasteiger partial charge is 0.327 e. The number of hydrogen-bond donors (Lipinski definition) is 1. The molecule has 1 saturated heterocycles. The quantitative estimate of drug-likeness (QED) is 0.868. The fourth-order valence-corrected chi connectivity index (χ4v) is 3.07. The molecule has 1 atom stereocenters. The van der Waals surface area contributed by atoms with E-state index in [1.165, 1.54) is 4.88 Å². The lowest BCUT2D eigenvalue weighted by Gasteiger charge is -2.35. The predicted octanol–water partition coefficient (Wildman–Crippen LogP) is 0.916. The molecule has 2 N–H and O–H groups in total. The van der Waals surface area contributed by atoms with Gasteiger partial charge < -0.3 is 5.73 Å². The Hall–Kier alpha value is -0.490. The van der Waals surface area contributed by atoms with Crippen molar-refractivity contribution in [3.05, 3.63) is 16.1 Å². The lowest BCUT2D eigenvalue weighted by molar-refractivity contribution is 0.124. The molecule has 0 aliphatic carbocycles. The summed E-state index contributed by atoms with van der Waals surface area (Å²) in [5.41, 5.74) is 5.82. The highest BCUT2D eigenvalue weighted by Gasteiger charge is 2.17. The molecule has 1 fully saturated rings. The Balaban J connectivity index is 1.75. The summed E-state index contributed by atoms with van der Waals surface area (Å²) in [4.78, 5) is 10.6. The van der Waals surface area contributed by atoms with Crippen molar-refractivity contribution >= 4 is 11.3 Å².